The van der Waals surface area contributed by atoms with Crippen LogP contribution in [0.25, 0.3) is 0 Å². The van der Waals surface area contributed by atoms with Gasteiger partial charge in [0.1, 0.15) is 5.60 Å². The minimum Gasteiger partial charge on any atom is -0.433 e. The van der Waals surface area contributed by atoms with E-state index in [4.69, 9.17) is 19.1 Å². The van der Waals surface area contributed by atoms with E-state index in [1.165, 1.54) is 13.8 Å². The number of esters is 1. The quantitative estimate of drug-likeness (QED) is 0.205. The van der Waals surface area contributed by atoms with Gasteiger partial charge in [-0.2, -0.15) is 4.89 Å². The molecule has 0 amide bonds. The zero-order valence-corrected chi connectivity index (χ0v) is 15.4. The molecular formula is C16H28O8. The number of carbonyl (C=O) groups is 2. The van der Waals surface area contributed by atoms with Crippen LogP contribution >= 0.6 is 0 Å². The van der Waals surface area contributed by atoms with Crippen LogP contribution in [0.5, 0.6) is 0 Å². The lowest BCUT2D eigenvalue weighted by Crippen LogP contribution is -2.31. The van der Waals surface area contributed by atoms with Crippen molar-refractivity contribution in [3.63, 3.8) is 0 Å². The maximum Gasteiger partial charge on any atom is 0.544 e. The van der Waals surface area contributed by atoms with Crippen LogP contribution in [0.1, 0.15) is 54.9 Å². The first-order valence-corrected chi connectivity index (χ1v) is 7.56. The molecule has 0 radical (unpaired) electrons. The van der Waals surface area contributed by atoms with Crippen molar-refractivity contribution in [3.8, 4) is 0 Å². The Labute approximate surface area is 142 Å². The number of carbonyl (C=O) groups excluding carboxylic acids is 2. The highest BCUT2D eigenvalue weighted by Gasteiger charge is 2.28. The molecule has 0 rings (SSSR count). The second-order valence-corrected chi connectivity index (χ2v) is 7.01. The Hall–Kier alpha value is -1.64. The average molecular weight is 348 g/mol. The van der Waals surface area contributed by atoms with Gasteiger partial charge in [-0.15, -0.1) is 0 Å². The molecule has 0 fully saturated rings. The monoisotopic (exact) mass is 348 g/mol. The van der Waals surface area contributed by atoms with E-state index in [1.807, 2.05) is 20.8 Å². The fourth-order valence-electron chi connectivity index (χ4n) is 2.14. The third-order valence-corrected chi connectivity index (χ3v) is 2.41. The van der Waals surface area contributed by atoms with Gasteiger partial charge in [-0.3, -0.25) is 0 Å². The highest BCUT2D eigenvalue weighted by Crippen LogP contribution is 2.29. The largest absolute Gasteiger partial charge is 0.544 e. The Morgan fingerprint density at radius 2 is 1.58 bits per heavy atom. The summed E-state index contributed by atoms with van der Waals surface area (Å²) < 4.78 is 14.6. The highest BCUT2D eigenvalue weighted by atomic mass is 17.5. The summed E-state index contributed by atoms with van der Waals surface area (Å²) in [6, 6.07) is 0. The van der Waals surface area contributed by atoms with Crippen LogP contribution in [0.15, 0.2) is 12.7 Å². The third kappa shape index (κ3) is 11.9. The average Bonchev–Trinajstić information content (AvgIpc) is 2.34. The summed E-state index contributed by atoms with van der Waals surface area (Å²) in [5.74, 6) is -0.657. The topological polar surface area (TPSA) is 89.5 Å². The lowest BCUT2D eigenvalue weighted by molar-refractivity contribution is -0.519. The molecule has 2 atom stereocenters. The molecule has 0 saturated heterocycles. The minimum absolute atomic E-state index is 0.00866. The maximum absolute atomic E-state index is 11.4. The van der Waals surface area contributed by atoms with E-state index in [2.05, 4.69) is 16.5 Å². The predicted molar refractivity (Wildman–Crippen MR) is 84.2 cm³/mol. The Morgan fingerprint density at radius 1 is 1.04 bits per heavy atom. The van der Waals surface area contributed by atoms with Gasteiger partial charge < -0.3 is 14.2 Å². The molecular weight excluding hydrogens is 320 g/mol. The Bertz CT molecular complexity index is 424. The molecule has 0 heterocycles. The smallest absolute Gasteiger partial charge is 0.433 e. The molecule has 0 saturated carbocycles. The van der Waals surface area contributed by atoms with Crippen LogP contribution in [-0.4, -0.2) is 30.3 Å². The van der Waals surface area contributed by atoms with Crippen molar-refractivity contribution in [1.29, 1.82) is 0 Å². The first-order chi connectivity index (χ1) is 10.8. The molecule has 0 aromatic carbocycles. The first-order valence-electron chi connectivity index (χ1n) is 7.56. The van der Waals surface area contributed by atoms with Gasteiger partial charge in [0, 0.05) is 6.08 Å². The predicted octanol–water partition coefficient (Wildman–Crippen LogP) is 3.66. The van der Waals surface area contributed by atoms with E-state index in [9.17, 15) is 9.59 Å². The first kappa shape index (κ1) is 22.4. The van der Waals surface area contributed by atoms with Crippen LogP contribution in [-0.2, 0) is 33.8 Å². The molecule has 0 N–H and O–H groups in total. The summed E-state index contributed by atoms with van der Waals surface area (Å²) in [5, 5.41) is 4.47. The lowest BCUT2D eigenvalue weighted by atomic mass is 9.84. The van der Waals surface area contributed by atoms with E-state index in [0.717, 1.165) is 6.08 Å². The minimum atomic E-state index is -1.16. The van der Waals surface area contributed by atoms with Crippen LogP contribution in [0.4, 0.5) is 4.79 Å². The van der Waals surface area contributed by atoms with Gasteiger partial charge in [0.05, 0.1) is 0 Å². The van der Waals surface area contributed by atoms with Crippen LogP contribution in [0.2, 0.25) is 0 Å². The van der Waals surface area contributed by atoms with Gasteiger partial charge in [0.15, 0.2) is 0 Å². The van der Waals surface area contributed by atoms with Crippen molar-refractivity contribution in [3.05, 3.63) is 12.7 Å². The maximum atomic E-state index is 11.4. The zero-order valence-electron chi connectivity index (χ0n) is 15.4. The summed E-state index contributed by atoms with van der Waals surface area (Å²) in [6.07, 6.45) is -1.46. The number of ether oxygens (including phenoxy) is 3. The number of hydrogen-bond acceptors (Lipinski definition) is 8. The van der Waals surface area contributed by atoms with E-state index in [0.29, 0.717) is 6.42 Å². The van der Waals surface area contributed by atoms with Crippen molar-refractivity contribution in [2.45, 2.75) is 73.1 Å². The van der Waals surface area contributed by atoms with E-state index < -0.39 is 30.3 Å². The molecule has 24 heavy (non-hydrogen) atoms. The van der Waals surface area contributed by atoms with Gasteiger partial charge >= 0.3 is 12.1 Å². The van der Waals surface area contributed by atoms with Gasteiger partial charge in [-0.25, -0.2) is 14.5 Å². The summed E-state index contributed by atoms with van der Waals surface area (Å²) in [6.45, 7) is 15.9. The van der Waals surface area contributed by atoms with Crippen LogP contribution in [0.3, 0.4) is 0 Å². The summed E-state index contributed by atoms with van der Waals surface area (Å²) in [5.41, 5.74) is -0.650. The van der Waals surface area contributed by atoms with Crippen molar-refractivity contribution < 1.29 is 38.6 Å². The van der Waals surface area contributed by atoms with Crippen molar-refractivity contribution in [2.75, 3.05) is 0 Å². The molecule has 0 bridgehead atoms. The molecule has 8 nitrogen and oxygen atoms in total. The Balaban J connectivity index is 4.09. The van der Waals surface area contributed by atoms with Gasteiger partial charge in [0.25, 0.3) is 0 Å². The van der Waals surface area contributed by atoms with Gasteiger partial charge in [-0.1, -0.05) is 27.4 Å². The Morgan fingerprint density at radius 3 is 2.08 bits per heavy atom. The van der Waals surface area contributed by atoms with E-state index in [1.54, 1.807) is 13.8 Å². The second kappa shape index (κ2) is 9.61. The van der Waals surface area contributed by atoms with Crippen LogP contribution in [0, 0.1) is 5.41 Å². The molecule has 0 aliphatic heterocycles. The fourth-order valence-corrected chi connectivity index (χ4v) is 2.14. The van der Waals surface area contributed by atoms with E-state index >= 15 is 0 Å². The fraction of sp³-hybridized carbons (Fsp3) is 0.750. The normalized spacial score (nSPS) is 14.5. The third-order valence-electron chi connectivity index (χ3n) is 2.41. The summed E-state index contributed by atoms with van der Waals surface area (Å²) in [4.78, 5) is 31.8. The molecule has 0 aromatic rings. The zero-order chi connectivity index (χ0) is 19.0. The molecule has 8 heteroatoms. The molecule has 0 aliphatic carbocycles. The Kier molecular flexibility index (Phi) is 8.95. The van der Waals surface area contributed by atoms with Gasteiger partial charge in [0.2, 0.25) is 12.6 Å². The van der Waals surface area contributed by atoms with Crippen LogP contribution < -0.4 is 0 Å². The van der Waals surface area contributed by atoms with Gasteiger partial charge in [-0.05, 0) is 44.6 Å². The number of hydrogen-bond donors (Lipinski definition) is 0. The van der Waals surface area contributed by atoms with Crippen molar-refractivity contribution in [2.24, 2.45) is 5.41 Å². The standard InChI is InChI=1S/C16H28O8/c1-9-13(17)20-11(2)19-12(3)21-14(18)22-24-23-16(7,8)10-15(4,5)6/h9,11-12H,1,10H2,2-8H3. The highest BCUT2D eigenvalue weighted by molar-refractivity contribution is 5.81. The summed E-state index contributed by atoms with van der Waals surface area (Å²) in [7, 11) is 0. The molecule has 0 spiro atoms. The molecule has 2 unspecified atom stereocenters. The molecule has 0 aromatic heterocycles. The molecule has 140 valence electrons. The SMILES string of the molecule is C=CC(=O)OC(C)OC(C)OC(=O)OOOC(C)(C)CC(C)(C)C. The van der Waals surface area contributed by atoms with E-state index in [-0.39, 0.29) is 5.41 Å². The number of rotatable bonds is 9. The molecule has 0 aliphatic rings. The van der Waals surface area contributed by atoms with Crippen molar-refractivity contribution >= 4 is 12.1 Å². The lowest BCUT2D eigenvalue weighted by Gasteiger charge is -2.29. The van der Waals surface area contributed by atoms with Crippen molar-refractivity contribution in [1.82, 2.24) is 0 Å². The second-order valence-electron chi connectivity index (χ2n) is 7.01. The summed E-state index contributed by atoms with van der Waals surface area (Å²) >= 11 is 0.